The zero-order valence-electron chi connectivity index (χ0n) is 30.1. The fourth-order valence-electron chi connectivity index (χ4n) is 12.1. The largest absolute Gasteiger partial charge is 0.497 e. The summed E-state index contributed by atoms with van der Waals surface area (Å²) in [4.78, 5) is 14.4. The average molecular weight is 644 g/mol. The summed E-state index contributed by atoms with van der Waals surface area (Å²) < 4.78 is 13.2. The molecule has 1 aromatic carbocycles. The molecule has 0 radical (unpaired) electrons. The van der Waals surface area contributed by atoms with Crippen LogP contribution in [-0.4, -0.2) is 39.3 Å². The lowest BCUT2D eigenvalue weighted by Crippen LogP contribution is -2.65. The molecule has 7 rings (SSSR count). The van der Waals surface area contributed by atoms with Crippen molar-refractivity contribution in [1.29, 1.82) is 0 Å². The molecule has 47 heavy (non-hydrogen) atoms. The van der Waals surface area contributed by atoms with E-state index in [1.54, 1.807) is 17.4 Å². The fourth-order valence-corrected chi connectivity index (χ4v) is 12.1. The van der Waals surface area contributed by atoms with Gasteiger partial charge in [-0.3, -0.25) is 4.79 Å². The van der Waals surface area contributed by atoms with Gasteiger partial charge in [-0.1, -0.05) is 65.3 Å². The average Bonchev–Trinajstić information content (AvgIpc) is 3.51. The van der Waals surface area contributed by atoms with Crippen LogP contribution in [0.25, 0.3) is 5.69 Å². The summed E-state index contributed by atoms with van der Waals surface area (Å²) in [6.07, 6.45) is 14.6. The number of hydrogen-bond donors (Lipinski definition) is 1. The SMILES string of the molecule is COc1ccc(-n2cc(COC(=O)[C@]34CCC(C)(C)C[C@H]3C3=CC[C@@H]5[C@@]6(C)CC[C@H](O)C(C)(C)[C@@H]6CC[C@@]5(C)[C@]3(C)CC4)nn2)cc1. The van der Waals surface area contributed by atoms with Gasteiger partial charge >= 0.3 is 5.97 Å². The molecule has 0 amide bonds. The topological polar surface area (TPSA) is 86.5 Å². The number of carbonyl (C=O) groups is 1. The summed E-state index contributed by atoms with van der Waals surface area (Å²) in [5, 5.41) is 19.7. The van der Waals surface area contributed by atoms with E-state index in [-0.39, 0.29) is 51.7 Å². The highest BCUT2D eigenvalue weighted by Crippen LogP contribution is 2.75. The van der Waals surface area contributed by atoms with Crippen LogP contribution in [0.15, 0.2) is 42.1 Å². The van der Waals surface area contributed by atoms with Crippen LogP contribution < -0.4 is 4.74 Å². The van der Waals surface area contributed by atoms with Gasteiger partial charge in [0.05, 0.1) is 30.5 Å². The van der Waals surface area contributed by atoms with Crippen molar-refractivity contribution in [3.8, 4) is 11.4 Å². The fraction of sp³-hybridized carbons (Fsp3) is 0.725. The smallest absolute Gasteiger partial charge is 0.313 e. The number of esters is 1. The third kappa shape index (κ3) is 4.79. The molecule has 7 nitrogen and oxygen atoms in total. The second-order valence-corrected chi connectivity index (χ2v) is 18.2. The second kappa shape index (κ2) is 10.9. The zero-order valence-corrected chi connectivity index (χ0v) is 30.1. The monoisotopic (exact) mass is 643 g/mol. The van der Waals surface area contributed by atoms with Gasteiger partial charge in [-0.15, -0.1) is 5.10 Å². The van der Waals surface area contributed by atoms with Crippen LogP contribution in [0.3, 0.4) is 0 Å². The van der Waals surface area contributed by atoms with Crippen molar-refractivity contribution < 1.29 is 19.4 Å². The number of ether oxygens (including phenoxy) is 2. The molecular formula is C40H57N3O4. The highest BCUT2D eigenvalue weighted by Gasteiger charge is 2.69. The van der Waals surface area contributed by atoms with Crippen LogP contribution >= 0.6 is 0 Å². The van der Waals surface area contributed by atoms with E-state index in [2.05, 4.69) is 64.9 Å². The standard InChI is InChI=1S/C40H57N3O4/c1-35(2)19-21-40(34(45)47-25-26-24-43(42-41-26)27-9-11-28(46-8)12-10-27)22-20-38(6)29(30(40)23-35)13-14-32-37(5)17-16-33(44)36(3,4)31(37)15-18-39(32,38)7/h9-13,24,30-33,44H,14-23,25H2,1-8H3/t30-,31-,32+,33-,37-,38+,39+,40-/m0/s1. The van der Waals surface area contributed by atoms with Crippen LogP contribution in [0.2, 0.25) is 0 Å². The van der Waals surface area contributed by atoms with Gasteiger partial charge < -0.3 is 14.6 Å². The Morgan fingerprint density at radius 3 is 2.38 bits per heavy atom. The molecule has 1 aromatic heterocycles. The van der Waals surface area contributed by atoms with E-state index in [1.807, 2.05) is 30.5 Å². The Balaban J connectivity index is 1.16. The Hall–Kier alpha value is -2.67. The van der Waals surface area contributed by atoms with E-state index < -0.39 is 5.41 Å². The summed E-state index contributed by atoms with van der Waals surface area (Å²) in [7, 11) is 1.65. The molecule has 0 bridgehead atoms. The lowest BCUT2D eigenvalue weighted by Gasteiger charge is -2.71. The van der Waals surface area contributed by atoms with Gasteiger partial charge in [0.1, 0.15) is 18.1 Å². The van der Waals surface area contributed by atoms with E-state index >= 15 is 0 Å². The molecular weight excluding hydrogens is 586 g/mol. The Labute approximate surface area is 281 Å². The molecule has 0 aliphatic heterocycles. The number of methoxy groups -OCH3 is 1. The van der Waals surface area contributed by atoms with Crippen LogP contribution in [0.4, 0.5) is 0 Å². The molecule has 0 saturated heterocycles. The molecule has 7 heteroatoms. The number of aromatic nitrogens is 3. The normalized spacial score (nSPS) is 40.1. The molecule has 8 atom stereocenters. The lowest BCUT2D eigenvalue weighted by atomic mass is 9.33. The molecule has 4 saturated carbocycles. The van der Waals surface area contributed by atoms with Crippen LogP contribution in [0, 0.1) is 50.2 Å². The predicted molar refractivity (Wildman–Crippen MR) is 183 cm³/mol. The van der Waals surface area contributed by atoms with Gasteiger partial charge in [0.15, 0.2) is 0 Å². The van der Waals surface area contributed by atoms with E-state index in [9.17, 15) is 9.90 Å². The van der Waals surface area contributed by atoms with Crippen LogP contribution in [0.1, 0.15) is 118 Å². The number of carbonyl (C=O) groups excluding carboxylic acids is 1. The Kier molecular flexibility index (Phi) is 7.63. The quantitative estimate of drug-likeness (QED) is 0.260. The van der Waals surface area contributed by atoms with Gasteiger partial charge in [0.2, 0.25) is 0 Å². The molecule has 1 N–H and O–H groups in total. The second-order valence-electron chi connectivity index (χ2n) is 18.2. The molecule has 2 aromatic rings. The minimum absolute atomic E-state index is 0.0486. The Bertz CT molecular complexity index is 1560. The number of aliphatic hydroxyl groups excluding tert-OH is 1. The van der Waals surface area contributed by atoms with Gasteiger partial charge in [-0.05, 0) is 133 Å². The zero-order chi connectivity index (χ0) is 33.6. The maximum Gasteiger partial charge on any atom is 0.313 e. The third-order valence-corrected chi connectivity index (χ3v) is 15.3. The van der Waals surface area contributed by atoms with Crippen molar-refractivity contribution in [3.05, 3.63) is 47.8 Å². The first-order valence-electron chi connectivity index (χ1n) is 18.2. The molecule has 256 valence electrons. The van der Waals surface area contributed by atoms with Crippen LogP contribution in [-0.2, 0) is 16.1 Å². The first-order chi connectivity index (χ1) is 22.1. The van der Waals surface area contributed by atoms with Crippen molar-refractivity contribution in [2.75, 3.05) is 7.11 Å². The van der Waals surface area contributed by atoms with Crippen molar-refractivity contribution in [2.45, 2.75) is 125 Å². The minimum atomic E-state index is -0.492. The van der Waals surface area contributed by atoms with Gasteiger partial charge in [0.25, 0.3) is 0 Å². The maximum atomic E-state index is 14.4. The predicted octanol–water partition coefficient (Wildman–Crippen LogP) is 8.48. The lowest BCUT2D eigenvalue weighted by molar-refractivity contribution is -0.206. The number of benzene rings is 1. The van der Waals surface area contributed by atoms with Crippen molar-refractivity contribution in [3.63, 3.8) is 0 Å². The maximum absolute atomic E-state index is 14.4. The number of aliphatic hydroxyl groups is 1. The Morgan fingerprint density at radius 1 is 0.936 bits per heavy atom. The molecule has 1 heterocycles. The summed E-state index contributed by atoms with van der Waals surface area (Å²) in [6, 6.07) is 7.66. The van der Waals surface area contributed by atoms with Gasteiger partial charge in [0, 0.05) is 0 Å². The summed E-state index contributed by atoms with van der Waals surface area (Å²) in [6.45, 7) is 17.3. The first kappa shape index (κ1) is 32.9. The van der Waals surface area contributed by atoms with E-state index in [0.29, 0.717) is 17.5 Å². The molecule has 5 aliphatic carbocycles. The highest BCUT2D eigenvalue weighted by molar-refractivity contribution is 5.78. The number of fused-ring (bicyclic) bond motifs is 7. The number of allylic oxidation sites excluding steroid dienone is 2. The van der Waals surface area contributed by atoms with Crippen molar-refractivity contribution >= 4 is 5.97 Å². The number of rotatable bonds is 5. The van der Waals surface area contributed by atoms with E-state index in [4.69, 9.17) is 9.47 Å². The van der Waals surface area contributed by atoms with Crippen molar-refractivity contribution in [2.24, 2.45) is 50.2 Å². The molecule has 0 unspecified atom stereocenters. The van der Waals surface area contributed by atoms with Crippen molar-refractivity contribution in [1.82, 2.24) is 15.0 Å². The third-order valence-electron chi connectivity index (χ3n) is 15.3. The minimum Gasteiger partial charge on any atom is -0.497 e. The molecule has 5 aliphatic rings. The number of nitrogens with zero attached hydrogens (tertiary/aromatic N) is 3. The van der Waals surface area contributed by atoms with Gasteiger partial charge in [-0.2, -0.15) is 0 Å². The van der Waals surface area contributed by atoms with E-state index in [0.717, 1.165) is 62.8 Å². The summed E-state index contributed by atoms with van der Waals surface area (Å²) in [5.74, 6) is 2.04. The summed E-state index contributed by atoms with van der Waals surface area (Å²) >= 11 is 0. The van der Waals surface area contributed by atoms with E-state index in [1.165, 1.54) is 12.8 Å². The van der Waals surface area contributed by atoms with Gasteiger partial charge in [-0.25, -0.2) is 4.68 Å². The molecule has 0 spiro atoms. The first-order valence-corrected chi connectivity index (χ1v) is 18.2. The molecule has 4 fully saturated rings. The van der Waals surface area contributed by atoms with Crippen LogP contribution in [0.5, 0.6) is 5.75 Å². The highest BCUT2D eigenvalue weighted by atomic mass is 16.5. The Morgan fingerprint density at radius 2 is 1.66 bits per heavy atom. The number of hydrogen-bond acceptors (Lipinski definition) is 6. The summed E-state index contributed by atoms with van der Waals surface area (Å²) in [5.41, 5.74) is 3.13.